The normalized spacial score (nSPS) is 10.9. The van der Waals surface area contributed by atoms with E-state index in [9.17, 15) is 0 Å². The highest BCUT2D eigenvalue weighted by molar-refractivity contribution is 5.99. The Kier molecular flexibility index (Phi) is 5.58. The number of anilines is 2. The van der Waals surface area contributed by atoms with E-state index < -0.39 is 0 Å². The second-order valence-corrected chi connectivity index (χ2v) is 7.68. The summed E-state index contributed by atoms with van der Waals surface area (Å²) in [4.78, 5) is 0. The Balaban J connectivity index is 2.05. The molecule has 2 heteroatoms. The fraction of sp³-hybridized carbons (Fsp3) is 0.143. The van der Waals surface area contributed by atoms with Crippen molar-refractivity contribution in [3.8, 4) is 33.4 Å². The molecule has 30 heavy (non-hydrogen) atoms. The molecule has 0 bridgehead atoms. The van der Waals surface area contributed by atoms with Gasteiger partial charge in [0.2, 0.25) is 0 Å². The highest BCUT2D eigenvalue weighted by atomic mass is 14.6. The Morgan fingerprint density at radius 2 is 1.13 bits per heavy atom. The molecule has 0 saturated heterocycles. The van der Waals surface area contributed by atoms with Crippen LogP contribution in [0.2, 0.25) is 0 Å². The third kappa shape index (κ3) is 3.81. The largest absolute Gasteiger partial charge is 0.399 e. The molecule has 150 valence electrons. The van der Waals surface area contributed by atoms with E-state index in [1.165, 1.54) is 22.3 Å². The maximum absolute atomic E-state index is 6.60. The second-order valence-electron chi connectivity index (χ2n) is 7.68. The van der Waals surface area contributed by atoms with Crippen molar-refractivity contribution in [2.45, 2.75) is 26.7 Å². The van der Waals surface area contributed by atoms with Crippen LogP contribution in [0.15, 0.2) is 84.9 Å². The van der Waals surface area contributed by atoms with Crippen molar-refractivity contribution in [1.29, 1.82) is 0 Å². The predicted octanol–water partition coefficient (Wildman–Crippen LogP) is 6.98. The van der Waals surface area contributed by atoms with E-state index in [0.29, 0.717) is 0 Å². The number of benzene rings is 4. The monoisotopic (exact) mass is 392 g/mol. The summed E-state index contributed by atoms with van der Waals surface area (Å²) in [7, 11) is 0. The Morgan fingerprint density at radius 1 is 0.567 bits per heavy atom. The number of hydrogen-bond acceptors (Lipinski definition) is 2. The average molecular weight is 393 g/mol. The smallest absolute Gasteiger partial charge is 0.0400 e. The zero-order chi connectivity index (χ0) is 21.1. The van der Waals surface area contributed by atoms with E-state index in [0.717, 1.165) is 46.5 Å². The number of nitrogen functional groups attached to an aromatic ring is 2. The van der Waals surface area contributed by atoms with Gasteiger partial charge in [0, 0.05) is 16.9 Å². The molecule has 0 saturated carbocycles. The number of aryl methyl sites for hydroxylation is 2. The molecule has 0 spiro atoms. The lowest BCUT2D eigenvalue weighted by atomic mass is 9.85. The van der Waals surface area contributed by atoms with Crippen molar-refractivity contribution in [2.24, 2.45) is 0 Å². The maximum Gasteiger partial charge on any atom is 0.0400 e. The summed E-state index contributed by atoms with van der Waals surface area (Å²) < 4.78 is 0. The predicted molar refractivity (Wildman–Crippen MR) is 130 cm³/mol. The molecule has 4 N–H and O–H groups in total. The van der Waals surface area contributed by atoms with Gasteiger partial charge in [-0.15, -0.1) is 0 Å². The minimum atomic E-state index is 0.764. The molecule has 0 aliphatic heterocycles. The topological polar surface area (TPSA) is 52.0 Å². The van der Waals surface area contributed by atoms with Crippen molar-refractivity contribution >= 4 is 11.4 Å². The van der Waals surface area contributed by atoms with Crippen LogP contribution in [0.5, 0.6) is 0 Å². The molecule has 2 nitrogen and oxygen atoms in total. The fourth-order valence-corrected chi connectivity index (χ4v) is 4.03. The average Bonchev–Trinajstić information content (AvgIpc) is 2.79. The van der Waals surface area contributed by atoms with E-state index in [-0.39, 0.29) is 0 Å². The lowest BCUT2D eigenvalue weighted by molar-refractivity contribution is 1.14. The van der Waals surface area contributed by atoms with E-state index in [1.807, 2.05) is 18.2 Å². The van der Waals surface area contributed by atoms with Crippen LogP contribution < -0.4 is 11.5 Å². The van der Waals surface area contributed by atoms with Gasteiger partial charge in [0.15, 0.2) is 0 Å². The third-order valence-corrected chi connectivity index (χ3v) is 5.71. The molecule has 4 aromatic rings. The van der Waals surface area contributed by atoms with Gasteiger partial charge in [-0.05, 0) is 70.0 Å². The number of nitrogens with two attached hydrogens (primary N) is 2. The van der Waals surface area contributed by atoms with E-state index in [2.05, 4.69) is 80.6 Å². The summed E-state index contributed by atoms with van der Waals surface area (Å²) in [6, 6.07) is 29.7. The minimum absolute atomic E-state index is 0.764. The molecule has 0 aromatic heterocycles. The molecule has 0 amide bonds. The first-order valence-electron chi connectivity index (χ1n) is 10.6. The molecule has 4 rings (SSSR count). The van der Waals surface area contributed by atoms with Crippen LogP contribution in [-0.2, 0) is 12.8 Å². The highest BCUT2D eigenvalue weighted by Crippen LogP contribution is 2.43. The van der Waals surface area contributed by atoms with Gasteiger partial charge in [0.1, 0.15) is 0 Å². The van der Waals surface area contributed by atoms with Gasteiger partial charge in [-0.1, -0.05) is 80.6 Å². The SMILES string of the molecule is CCc1cccc(-c2c(N)ccc(-c3ccc(N)cc3)c2-c2cccc(CC)c2)c1. The molecule has 0 atom stereocenters. The van der Waals surface area contributed by atoms with Crippen LogP contribution >= 0.6 is 0 Å². The maximum atomic E-state index is 6.60. The molecule has 0 heterocycles. The van der Waals surface area contributed by atoms with Crippen LogP contribution in [0, 0.1) is 0 Å². The lowest BCUT2D eigenvalue weighted by Gasteiger charge is -2.19. The lowest BCUT2D eigenvalue weighted by Crippen LogP contribution is -1.98. The Morgan fingerprint density at radius 3 is 1.70 bits per heavy atom. The van der Waals surface area contributed by atoms with E-state index in [1.54, 1.807) is 0 Å². The van der Waals surface area contributed by atoms with Crippen molar-refractivity contribution in [1.82, 2.24) is 0 Å². The quantitative estimate of drug-likeness (QED) is 0.360. The van der Waals surface area contributed by atoms with Crippen LogP contribution in [0.3, 0.4) is 0 Å². The number of rotatable bonds is 5. The molecule has 0 fully saturated rings. The molecular formula is C28H28N2. The first kappa shape index (κ1) is 19.8. The molecular weight excluding hydrogens is 364 g/mol. The molecule has 0 unspecified atom stereocenters. The van der Waals surface area contributed by atoms with Crippen LogP contribution in [0.4, 0.5) is 11.4 Å². The van der Waals surface area contributed by atoms with Gasteiger partial charge >= 0.3 is 0 Å². The van der Waals surface area contributed by atoms with Crippen LogP contribution in [0.1, 0.15) is 25.0 Å². The third-order valence-electron chi connectivity index (χ3n) is 5.71. The minimum Gasteiger partial charge on any atom is -0.399 e. The zero-order valence-electron chi connectivity index (χ0n) is 17.7. The molecule has 0 aliphatic rings. The summed E-state index contributed by atoms with van der Waals surface area (Å²) in [5.41, 5.74) is 23.6. The molecule has 0 aliphatic carbocycles. The standard InChI is InChI=1S/C28H28N2/c1-3-19-7-5-9-22(17-19)27-25(21-11-13-24(29)14-12-21)15-16-26(30)28(27)23-10-6-8-20(4-2)18-23/h5-18H,3-4,29-30H2,1-2H3. The van der Waals surface area contributed by atoms with Gasteiger partial charge in [-0.25, -0.2) is 0 Å². The summed E-state index contributed by atoms with van der Waals surface area (Å²) >= 11 is 0. The fourth-order valence-electron chi connectivity index (χ4n) is 4.03. The first-order valence-corrected chi connectivity index (χ1v) is 10.6. The van der Waals surface area contributed by atoms with Crippen LogP contribution in [-0.4, -0.2) is 0 Å². The van der Waals surface area contributed by atoms with Gasteiger partial charge in [0.05, 0.1) is 0 Å². The Bertz CT molecular complexity index is 1170. The summed E-state index contributed by atoms with van der Waals surface area (Å²) in [5, 5.41) is 0. The van der Waals surface area contributed by atoms with Gasteiger partial charge in [-0.2, -0.15) is 0 Å². The van der Waals surface area contributed by atoms with Crippen LogP contribution in [0.25, 0.3) is 33.4 Å². The Hall–Kier alpha value is -3.52. The van der Waals surface area contributed by atoms with Crippen molar-refractivity contribution in [3.63, 3.8) is 0 Å². The van der Waals surface area contributed by atoms with Gasteiger partial charge in [-0.3, -0.25) is 0 Å². The molecule has 0 radical (unpaired) electrons. The van der Waals surface area contributed by atoms with E-state index in [4.69, 9.17) is 11.5 Å². The first-order chi connectivity index (χ1) is 14.6. The van der Waals surface area contributed by atoms with Crippen molar-refractivity contribution in [3.05, 3.63) is 96.1 Å². The zero-order valence-corrected chi connectivity index (χ0v) is 17.7. The summed E-state index contributed by atoms with van der Waals surface area (Å²) in [6.45, 7) is 4.36. The number of hydrogen-bond donors (Lipinski definition) is 2. The van der Waals surface area contributed by atoms with Crippen molar-refractivity contribution < 1.29 is 0 Å². The van der Waals surface area contributed by atoms with Gasteiger partial charge in [0.25, 0.3) is 0 Å². The van der Waals surface area contributed by atoms with E-state index >= 15 is 0 Å². The van der Waals surface area contributed by atoms with Gasteiger partial charge < -0.3 is 11.5 Å². The summed E-state index contributed by atoms with van der Waals surface area (Å²) in [5.74, 6) is 0. The highest BCUT2D eigenvalue weighted by Gasteiger charge is 2.17. The Labute approximate surface area is 179 Å². The second kappa shape index (κ2) is 8.46. The molecule has 4 aromatic carbocycles. The van der Waals surface area contributed by atoms with Crippen molar-refractivity contribution in [2.75, 3.05) is 11.5 Å². The summed E-state index contributed by atoms with van der Waals surface area (Å²) in [6.07, 6.45) is 1.99.